The summed E-state index contributed by atoms with van der Waals surface area (Å²) in [5, 5.41) is 9.89. The monoisotopic (exact) mass is 509 g/mol. The molecule has 200 valence electrons. The average molecular weight is 510 g/mol. The fourth-order valence-electron chi connectivity index (χ4n) is 4.09. The molecule has 1 aliphatic rings. The van der Waals surface area contributed by atoms with Crippen LogP contribution in [-0.4, -0.2) is 54.2 Å². The van der Waals surface area contributed by atoms with Crippen molar-refractivity contribution in [3.63, 3.8) is 0 Å². The lowest BCUT2D eigenvalue weighted by molar-refractivity contribution is -0.158. The van der Waals surface area contributed by atoms with Gasteiger partial charge in [0.2, 0.25) is 0 Å². The number of ether oxygens (including phenoxy) is 5. The number of carboxylic acids is 1. The zero-order valence-corrected chi connectivity index (χ0v) is 20.9. The SMILES string of the molecule is CCOC(=O)Oc1ccc(CC(N)(C[C@H](C)OC(=O)C2CCCCC2)C(=O)O)cc1OC(=O)OCC. The van der Waals surface area contributed by atoms with E-state index in [2.05, 4.69) is 0 Å². The summed E-state index contributed by atoms with van der Waals surface area (Å²) < 4.78 is 25.2. The third kappa shape index (κ3) is 8.71. The molecule has 0 spiro atoms. The number of carbonyl (C=O) groups is 4. The Morgan fingerprint density at radius 1 is 1.00 bits per heavy atom. The molecule has 0 amide bonds. The van der Waals surface area contributed by atoms with Crippen LogP contribution in [-0.2, 0) is 30.2 Å². The number of benzene rings is 1. The van der Waals surface area contributed by atoms with Crippen LogP contribution in [0.15, 0.2) is 18.2 Å². The molecule has 11 nitrogen and oxygen atoms in total. The van der Waals surface area contributed by atoms with Gasteiger partial charge in [-0.3, -0.25) is 9.59 Å². The zero-order chi connectivity index (χ0) is 26.7. The molecule has 0 bridgehead atoms. The van der Waals surface area contributed by atoms with Crippen molar-refractivity contribution in [3.8, 4) is 11.5 Å². The molecular formula is C25H35NO10. The summed E-state index contributed by atoms with van der Waals surface area (Å²) in [4.78, 5) is 48.2. The summed E-state index contributed by atoms with van der Waals surface area (Å²) >= 11 is 0. The number of nitrogens with two attached hydrogens (primary N) is 1. The summed E-state index contributed by atoms with van der Waals surface area (Å²) in [6.45, 7) is 4.92. The Balaban J connectivity index is 2.18. The minimum absolute atomic E-state index is 0.0506. The van der Waals surface area contributed by atoms with Gasteiger partial charge in [0.1, 0.15) is 11.6 Å². The summed E-state index contributed by atoms with van der Waals surface area (Å²) in [5.41, 5.74) is 4.84. The van der Waals surface area contributed by atoms with Gasteiger partial charge in [-0.15, -0.1) is 0 Å². The molecule has 0 radical (unpaired) electrons. The Hall–Kier alpha value is -3.34. The average Bonchev–Trinajstić information content (AvgIpc) is 2.81. The predicted octanol–water partition coefficient (Wildman–Crippen LogP) is 3.98. The molecule has 3 N–H and O–H groups in total. The van der Waals surface area contributed by atoms with Crippen LogP contribution >= 0.6 is 0 Å². The van der Waals surface area contributed by atoms with Gasteiger partial charge in [0.25, 0.3) is 0 Å². The van der Waals surface area contributed by atoms with Gasteiger partial charge in [0.05, 0.1) is 19.1 Å². The van der Waals surface area contributed by atoms with E-state index >= 15 is 0 Å². The van der Waals surface area contributed by atoms with Gasteiger partial charge in [-0.2, -0.15) is 0 Å². The Labute approximate surface area is 210 Å². The Bertz CT molecular complexity index is 927. The van der Waals surface area contributed by atoms with Crippen molar-refractivity contribution in [3.05, 3.63) is 23.8 Å². The van der Waals surface area contributed by atoms with E-state index in [9.17, 15) is 24.3 Å². The largest absolute Gasteiger partial charge is 0.513 e. The van der Waals surface area contributed by atoms with Crippen molar-refractivity contribution in [2.45, 2.75) is 77.4 Å². The Kier molecular flexibility index (Phi) is 11.0. The van der Waals surface area contributed by atoms with Crippen LogP contribution in [0.5, 0.6) is 11.5 Å². The molecule has 0 heterocycles. The van der Waals surface area contributed by atoms with Crippen LogP contribution in [0.2, 0.25) is 0 Å². The molecule has 1 aliphatic carbocycles. The minimum atomic E-state index is -1.79. The van der Waals surface area contributed by atoms with Crippen molar-refractivity contribution < 1.29 is 48.0 Å². The van der Waals surface area contributed by atoms with Gasteiger partial charge in [0, 0.05) is 12.8 Å². The zero-order valence-electron chi connectivity index (χ0n) is 20.9. The van der Waals surface area contributed by atoms with Crippen molar-refractivity contribution in [2.75, 3.05) is 13.2 Å². The quantitative estimate of drug-likeness (QED) is 0.252. The molecule has 2 rings (SSSR count). The van der Waals surface area contributed by atoms with Crippen LogP contribution in [0.25, 0.3) is 0 Å². The van der Waals surface area contributed by atoms with Crippen molar-refractivity contribution in [1.29, 1.82) is 0 Å². The number of esters is 1. The number of hydrogen-bond acceptors (Lipinski definition) is 10. The Morgan fingerprint density at radius 2 is 1.58 bits per heavy atom. The molecule has 36 heavy (non-hydrogen) atoms. The number of rotatable bonds is 11. The van der Waals surface area contributed by atoms with E-state index in [0.717, 1.165) is 32.1 Å². The lowest BCUT2D eigenvalue weighted by atomic mass is 9.86. The number of hydrogen-bond donors (Lipinski definition) is 2. The molecule has 1 unspecified atom stereocenters. The maximum absolute atomic E-state index is 12.5. The number of carboxylic acid groups (broad SMARTS) is 1. The summed E-state index contributed by atoms with van der Waals surface area (Å²) in [5.74, 6) is -2.10. The van der Waals surface area contributed by atoms with E-state index in [1.807, 2.05) is 0 Å². The summed E-state index contributed by atoms with van der Waals surface area (Å²) in [6.07, 6.45) is 1.45. The van der Waals surface area contributed by atoms with Gasteiger partial charge >= 0.3 is 24.2 Å². The highest BCUT2D eigenvalue weighted by atomic mass is 16.7. The smallest absolute Gasteiger partial charge is 0.480 e. The molecule has 1 saturated carbocycles. The van der Waals surface area contributed by atoms with Crippen molar-refractivity contribution in [2.24, 2.45) is 11.7 Å². The van der Waals surface area contributed by atoms with Gasteiger partial charge in [-0.25, -0.2) is 9.59 Å². The lowest BCUT2D eigenvalue weighted by Crippen LogP contribution is -2.52. The van der Waals surface area contributed by atoms with Crippen LogP contribution in [0.1, 0.15) is 64.9 Å². The molecule has 2 atom stereocenters. The first-order valence-electron chi connectivity index (χ1n) is 12.1. The third-order valence-corrected chi connectivity index (χ3v) is 5.77. The molecule has 1 aromatic carbocycles. The standard InChI is InChI=1S/C25H35NO10/c1-4-32-23(30)35-19-12-11-17(13-20(19)36-24(31)33-5-2)15-25(26,22(28)29)14-16(3)34-21(27)18-9-7-6-8-10-18/h11-13,16,18H,4-10,14-15,26H2,1-3H3,(H,28,29)/t16-,25?/m0/s1. The van der Waals surface area contributed by atoms with Crippen molar-refractivity contribution >= 4 is 24.2 Å². The normalized spacial score (nSPS) is 16.2. The molecule has 1 fully saturated rings. The van der Waals surface area contributed by atoms with Crippen LogP contribution < -0.4 is 15.2 Å². The van der Waals surface area contributed by atoms with E-state index in [-0.39, 0.29) is 49.4 Å². The first-order chi connectivity index (χ1) is 17.1. The minimum Gasteiger partial charge on any atom is -0.480 e. The molecule has 0 aromatic heterocycles. The summed E-state index contributed by atoms with van der Waals surface area (Å²) in [6, 6.07) is 4.14. The van der Waals surface area contributed by atoms with Crippen molar-refractivity contribution in [1.82, 2.24) is 0 Å². The summed E-state index contributed by atoms with van der Waals surface area (Å²) in [7, 11) is 0. The van der Waals surface area contributed by atoms with Crippen LogP contribution in [0.3, 0.4) is 0 Å². The second-order valence-corrected chi connectivity index (χ2v) is 8.78. The molecular weight excluding hydrogens is 474 g/mol. The van der Waals surface area contributed by atoms with E-state index < -0.39 is 29.9 Å². The Morgan fingerprint density at radius 3 is 2.14 bits per heavy atom. The van der Waals surface area contributed by atoms with E-state index in [1.165, 1.54) is 18.2 Å². The predicted molar refractivity (Wildman–Crippen MR) is 127 cm³/mol. The second kappa shape index (κ2) is 13.7. The van der Waals surface area contributed by atoms with Gasteiger partial charge in [0.15, 0.2) is 11.5 Å². The second-order valence-electron chi connectivity index (χ2n) is 8.78. The number of aliphatic carboxylic acids is 1. The lowest BCUT2D eigenvalue weighted by Gasteiger charge is -2.29. The van der Waals surface area contributed by atoms with Crippen LogP contribution in [0.4, 0.5) is 9.59 Å². The first kappa shape index (κ1) is 28.9. The van der Waals surface area contributed by atoms with Gasteiger partial charge in [-0.05, 0) is 51.3 Å². The maximum Gasteiger partial charge on any atom is 0.513 e. The van der Waals surface area contributed by atoms with E-state index in [4.69, 9.17) is 29.4 Å². The first-order valence-corrected chi connectivity index (χ1v) is 12.1. The highest BCUT2D eigenvalue weighted by Gasteiger charge is 2.38. The fraction of sp³-hybridized carbons (Fsp3) is 0.600. The topological polar surface area (TPSA) is 161 Å². The number of carbonyl (C=O) groups excluding carboxylic acids is 3. The maximum atomic E-state index is 12.5. The van der Waals surface area contributed by atoms with Crippen LogP contribution in [0, 0.1) is 5.92 Å². The van der Waals surface area contributed by atoms with Gasteiger partial charge < -0.3 is 34.5 Å². The fourth-order valence-corrected chi connectivity index (χ4v) is 4.09. The molecule has 11 heteroatoms. The highest BCUT2D eigenvalue weighted by molar-refractivity contribution is 5.79. The van der Waals surface area contributed by atoms with Gasteiger partial charge in [-0.1, -0.05) is 25.3 Å². The highest BCUT2D eigenvalue weighted by Crippen LogP contribution is 2.32. The molecule has 1 aromatic rings. The molecule has 0 saturated heterocycles. The van der Waals surface area contributed by atoms with E-state index in [0.29, 0.717) is 5.56 Å². The van der Waals surface area contributed by atoms with E-state index in [1.54, 1.807) is 20.8 Å². The third-order valence-electron chi connectivity index (χ3n) is 5.77. The molecule has 0 aliphatic heterocycles.